The molecule has 2 heteroatoms. The van der Waals surface area contributed by atoms with Crippen molar-refractivity contribution < 1.29 is 4.74 Å². The van der Waals surface area contributed by atoms with Crippen molar-refractivity contribution in [1.29, 1.82) is 0 Å². The molecule has 21 heavy (non-hydrogen) atoms. The van der Waals surface area contributed by atoms with Crippen molar-refractivity contribution in [3.8, 4) is 0 Å². The SMILES string of the molecule is CCNC(CCC1CCCO1)c1ccc(CC)c(CC)c1. The number of nitrogens with one attached hydrogen (secondary N) is 1. The van der Waals surface area contributed by atoms with Gasteiger partial charge in [0.2, 0.25) is 0 Å². The molecule has 0 saturated carbocycles. The number of rotatable bonds is 8. The zero-order chi connectivity index (χ0) is 15.1. The van der Waals surface area contributed by atoms with E-state index in [1.165, 1.54) is 42.4 Å². The highest BCUT2D eigenvalue weighted by Crippen LogP contribution is 2.26. The van der Waals surface area contributed by atoms with Crippen LogP contribution >= 0.6 is 0 Å². The highest BCUT2D eigenvalue weighted by Gasteiger charge is 2.19. The van der Waals surface area contributed by atoms with Crippen LogP contribution in [0.15, 0.2) is 18.2 Å². The van der Waals surface area contributed by atoms with Crippen molar-refractivity contribution in [1.82, 2.24) is 5.32 Å². The summed E-state index contributed by atoms with van der Waals surface area (Å²) in [5.41, 5.74) is 4.45. The molecule has 1 aromatic carbocycles. The van der Waals surface area contributed by atoms with E-state index in [1.54, 1.807) is 0 Å². The summed E-state index contributed by atoms with van der Waals surface area (Å²) in [7, 11) is 0. The summed E-state index contributed by atoms with van der Waals surface area (Å²) in [4.78, 5) is 0. The van der Waals surface area contributed by atoms with Crippen LogP contribution in [0.5, 0.6) is 0 Å². The smallest absolute Gasteiger partial charge is 0.0576 e. The van der Waals surface area contributed by atoms with Gasteiger partial charge in [-0.2, -0.15) is 0 Å². The topological polar surface area (TPSA) is 21.3 Å². The Balaban J connectivity index is 2.05. The van der Waals surface area contributed by atoms with Gasteiger partial charge in [-0.25, -0.2) is 0 Å². The summed E-state index contributed by atoms with van der Waals surface area (Å²) >= 11 is 0. The zero-order valence-corrected chi connectivity index (χ0v) is 14.0. The molecule has 0 bridgehead atoms. The van der Waals surface area contributed by atoms with Crippen molar-refractivity contribution in [3.05, 3.63) is 34.9 Å². The standard InChI is InChI=1S/C19H31NO/c1-4-15-9-10-17(14-16(15)5-2)19(20-6-3)12-11-18-8-7-13-21-18/h9-10,14,18-20H,4-8,11-13H2,1-3H3. The molecule has 118 valence electrons. The van der Waals surface area contributed by atoms with Crippen LogP contribution in [0, 0.1) is 0 Å². The first-order valence-electron chi connectivity index (χ1n) is 8.75. The molecule has 0 spiro atoms. The van der Waals surface area contributed by atoms with E-state index in [4.69, 9.17) is 4.74 Å². The van der Waals surface area contributed by atoms with Gasteiger partial charge >= 0.3 is 0 Å². The first-order valence-corrected chi connectivity index (χ1v) is 8.75. The highest BCUT2D eigenvalue weighted by atomic mass is 16.5. The van der Waals surface area contributed by atoms with Gasteiger partial charge in [0.15, 0.2) is 0 Å². The Bertz CT molecular complexity index is 424. The summed E-state index contributed by atoms with van der Waals surface area (Å²) in [5, 5.41) is 3.66. The molecule has 0 amide bonds. The Labute approximate surface area is 130 Å². The first kappa shape index (κ1) is 16.5. The van der Waals surface area contributed by atoms with E-state index in [-0.39, 0.29) is 0 Å². The van der Waals surface area contributed by atoms with Crippen molar-refractivity contribution >= 4 is 0 Å². The predicted octanol–water partition coefficient (Wildman–Crippen LogP) is 4.42. The molecule has 2 atom stereocenters. The van der Waals surface area contributed by atoms with Gasteiger partial charge in [0, 0.05) is 12.6 Å². The van der Waals surface area contributed by atoms with Crippen LogP contribution in [0.4, 0.5) is 0 Å². The number of benzene rings is 1. The molecule has 2 rings (SSSR count). The molecule has 0 radical (unpaired) electrons. The van der Waals surface area contributed by atoms with Crippen LogP contribution in [-0.2, 0) is 17.6 Å². The molecule has 0 aromatic heterocycles. The number of aryl methyl sites for hydroxylation is 2. The first-order chi connectivity index (χ1) is 10.3. The van der Waals surface area contributed by atoms with Crippen LogP contribution in [0.1, 0.15) is 69.2 Å². The molecule has 1 heterocycles. The molecule has 1 aromatic rings. The third-order valence-corrected chi connectivity index (χ3v) is 4.65. The van der Waals surface area contributed by atoms with Gasteiger partial charge in [-0.3, -0.25) is 0 Å². The van der Waals surface area contributed by atoms with E-state index in [0.29, 0.717) is 12.1 Å². The van der Waals surface area contributed by atoms with Gasteiger partial charge in [0.05, 0.1) is 6.10 Å². The van der Waals surface area contributed by atoms with E-state index in [0.717, 1.165) is 26.0 Å². The maximum absolute atomic E-state index is 5.77. The maximum Gasteiger partial charge on any atom is 0.0576 e. The minimum Gasteiger partial charge on any atom is -0.378 e. The lowest BCUT2D eigenvalue weighted by Crippen LogP contribution is -2.22. The molecular weight excluding hydrogens is 258 g/mol. The lowest BCUT2D eigenvalue weighted by molar-refractivity contribution is 0.0996. The maximum atomic E-state index is 5.77. The Morgan fingerprint density at radius 1 is 1.19 bits per heavy atom. The molecule has 2 unspecified atom stereocenters. The molecule has 2 nitrogen and oxygen atoms in total. The molecule has 1 saturated heterocycles. The average molecular weight is 289 g/mol. The second kappa shape index (κ2) is 8.55. The summed E-state index contributed by atoms with van der Waals surface area (Å²) in [5.74, 6) is 0. The van der Waals surface area contributed by atoms with Gasteiger partial charge in [0.1, 0.15) is 0 Å². The molecule has 1 aliphatic heterocycles. The normalized spacial score (nSPS) is 19.9. The van der Waals surface area contributed by atoms with Gasteiger partial charge < -0.3 is 10.1 Å². The second-order valence-corrected chi connectivity index (χ2v) is 6.06. The van der Waals surface area contributed by atoms with E-state index in [2.05, 4.69) is 44.3 Å². The monoisotopic (exact) mass is 289 g/mol. The fourth-order valence-electron chi connectivity index (χ4n) is 3.39. The van der Waals surface area contributed by atoms with E-state index in [9.17, 15) is 0 Å². The number of hydrogen-bond donors (Lipinski definition) is 1. The predicted molar refractivity (Wildman–Crippen MR) is 89.8 cm³/mol. The Morgan fingerprint density at radius 2 is 2.00 bits per heavy atom. The summed E-state index contributed by atoms with van der Waals surface area (Å²) in [6.07, 6.45) is 7.58. The van der Waals surface area contributed by atoms with E-state index in [1.807, 2.05) is 0 Å². The minimum absolute atomic E-state index is 0.468. The van der Waals surface area contributed by atoms with Gasteiger partial charge in [0.25, 0.3) is 0 Å². The largest absolute Gasteiger partial charge is 0.378 e. The van der Waals surface area contributed by atoms with Crippen LogP contribution in [0.25, 0.3) is 0 Å². The van der Waals surface area contributed by atoms with E-state index < -0.39 is 0 Å². The lowest BCUT2D eigenvalue weighted by Gasteiger charge is -2.21. The fourth-order valence-corrected chi connectivity index (χ4v) is 3.39. The summed E-state index contributed by atoms with van der Waals surface area (Å²) in [6, 6.07) is 7.53. The number of ether oxygens (including phenoxy) is 1. The van der Waals surface area contributed by atoms with Crippen LogP contribution in [0.3, 0.4) is 0 Å². The highest BCUT2D eigenvalue weighted by molar-refractivity contribution is 5.33. The third kappa shape index (κ3) is 4.55. The fraction of sp³-hybridized carbons (Fsp3) is 0.684. The van der Waals surface area contributed by atoms with E-state index >= 15 is 0 Å². The van der Waals surface area contributed by atoms with Crippen LogP contribution in [-0.4, -0.2) is 19.3 Å². The molecule has 1 N–H and O–H groups in total. The minimum atomic E-state index is 0.468. The average Bonchev–Trinajstić information content (AvgIpc) is 3.04. The zero-order valence-electron chi connectivity index (χ0n) is 14.0. The Hall–Kier alpha value is -0.860. The van der Waals surface area contributed by atoms with Crippen LogP contribution in [0.2, 0.25) is 0 Å². The number of hydrogen-bond acceptors (Lipinski definition) is 2. The third-order valence-electron chi connectivity index (χ3n) is 4.65. The van der Waals surface area contributed by atoms with Crippen LogP contribution < -0.4 is 5.32 Å². The quantitative estimate of drug-likeness (QED) is 0.765. The molecule has 0 aliphatic carbocycles. The van der Waals surface area contributed by atoms with Crippen molar-refractivity contribution in [2.45, 2.75) is 71.4 Å². The Morgan fingerprint density at radius 3 is 2.62 bits per heavy atom. The second-order valence-electron chi connectivity index (χ2n) is 6.06. The molecule has 1 fully saturated rings. The van der Waals surface area contributed by atoms with Crippen molar-refractivity contribution in [3.63, 3.8) is 0 Å². The van der Waals surface area contributed by atoms with Crippen molar-refractivity contribution in [2.24, 2.45) is 0 Å². The molecular formula is C19H31NO. The van der Waals surface area contributed by atoms with Gasteiger partial charge in [-0.15, -0.1) is 0 Å². The molecule has 1 aliphatic rings. The summed E-state index contributed by atoms with van der Waals surface area (Å²) in [6.45, 7) is 8.68. The van der Waals surface area contributed by atoms with Gasteiger partial charge in [-0.1, -0.05) is 39.0 Å². The van der Waals surface area contributed by atoms with Gasteiger partial charge in [-0.05, 0) is 61.8 Å². The lowest BCUT2D eigenvalue weighted by atomic mass is 9.94. The van der Waals surface area contributed by atoms with Crippen molar-refractivity contribution in [2.75, 3.05) is 13.2 Å². The summed E-state index contributed by atoms with van der Waals surface area (Å²) < 4.78 is 5.77. The Kier molecular flexibility index (Phi) is 6.72.